The van der Waals surface area contributed by atoms with Crippen molar-refractivity contribution in [3.63, 3.8) is 0 Å². The fraction of sp³-hybridized carbons (Fsp3) is 0.528. The molecule has 7 rings (SSSR count). The molecule has 5 atom stereocenters. The minimum atomic E-state index is -0.506. The summed E-state index contributed by atoms with van der Waals surface area (Å²) in [6, 6.07) is 10.5. The van der Waals surface area contributed by atoms with Gasteiger partial charge in [0.05, 0.1) is 32.4 Å². The summed E-state index contributed by atoms with van der Waals surface area (Å²) in [6.45, 7) is 15.2. The summed E-state index contributed by atoms with van der Waals surface area (Å²) in [5.74, 6) is 4.89. The maximum absolute atomic E-state index is 13.0. The monoisotopic (exact) mass is 772 g/mol. The quantitative estimate of drug-likeness (QED) is 0.105. The van der Waals surface area contributed by atoms with E-state index in [2.05, 4.69) is 45.1 Å². The fourth-order valence-electron chi connectivity index (χ4n) is 8.73. The number of rotatable bonds is 4. The number of nitrogens with zero attached hydrogens (tertiary/aromatic N) is 1. The number of esters is 1. The number of nitrogens with two attached hydrogens (primary N) is 1. The van der Waals surface area contributed by atoms with Crippen molar-refractivity contribution in [3.8, 4) is 5.69 Å². The molecule has 1 aromatic heterocycles. The molecule has 4 aliphatic rings. The molecule has 1 heterocycles. The average molecular weight is 775 g/mol. The van der Waals surface area contributed by atoms with E-state index < -0.39 is 5.92 Å². The van der Waals surface area contributed by atoms with Gasteiger partial charge < -0.3 is 10.2 Å². The topological polar surface area (TPSA) is 119 Å². The van der Waals surface area contributed by atoms with Crippen LogP contribution in [0.3, 0.4) is 0 Å². The highest BCUT2D eigenvalue weighted by Gasteiger charge is 2.68. The van der Waals surface area contributed by atoms with E-state index in [9.17, 15) is 14.4 Å². The van der Waals surface area contributed by atoms with Crippen LogP contribution >= 0.6 is 58.8 Å². The Balaban J connectivity index is 0.000000177. The lowest BCUT2D eigenvalue weighted by Crippen LogP contribution is -2.36. The highest BCUT2D eigenvalue weighted by atomic mass is 35.5. The molecule has 8 nitrogen and oxygen atoms in total. The summed E-state index contributed by atoms with van der Waals surface area (Å²) in [7, 11) is 0. The average Bonchev–Trinajstić information content (AvgIpc) is 3.65. The van der Waals surface area contributed by atoms with Gasteiger partial charge in [0, 0.05) is 22.1 Å². The van der Waals surface area contributed by atoms with Crippen LogP contribution in [-0.4, -0.2) is 28.1 Å². The maximum atomic E-state index is 13.0. The molecule has 2 aromatic carbocycles. The van der Waals surface area contributed by atoms with Gasteiger partial charge in [0.1, 0.15) is 11.6 Å². The van der Waals surface area contributed by atoms with Gasteiger partial charge >= 0.3 is 5.97 Å². The Morgan fingerprint density at radius 2 is 1.43 bits per heavy atom. The number of H-pyrrole nitrogens is 1. The number of nitrogen functional groups attached to an aromatic ring is 1. The zero-order chi connectivity index (χ0) is 35.6. The summed E-state index contributed by atoms with van der Waals surface area (Å²) >= 11 is 24.0. The number of nitrogens with one attached hydrogen (secondary N) is 2. The molecule has 0 aliphatic heterocycles. The van der Waals surface area contributed by atoms with Crippen molar-refractivity contribution in [3.05, 3.63) is 78.1 Å². The summed E-state index contributed by atoms with van der Waals surface area (Å²) < 4.78 is 6.56. The number of carbonyl (C=O) groups is 2. The third-order valence-corrected chi connectivity index (χ3v) is 13.6. The zero-order valence-electron chi connectivity index (χ0n) is 28.8. The number of aromatic amines is 1. The number of aromatic nitrogens is 2. The van der Waals surface area contributed by atoms with Gasteiger partial charge in [-0.2, -0.15) is 0 Å². The second-order valence-electron chi connectivity index (χ2n) is 14.8. The van der Waals surface area contributed by atoms with Crippen LogP contribution in [0.15, 0.2) is 41.2 Å². The largest absolute Gasteiger partial charge is 0.465 e. The van der Waals surface area contributed by atoms with Gasteiger partial charge in [-0.15, -0.1) is 12.4 Å². The highest BCUT2D eigenvalue weighted by Crippen LogP contribution is 2.67. The number of hydrazine groups is 1. The molecule has 0 amide bonds. The third kappa shape index (κ3) is 6.02. The number of hydrogen-bond donors (Lipinski definition) is 3. The summed E-state index contributed by atoms with van der Waals surface area (Å²) in [4.78, 5) is 37.2. The number of fused-ring (bicyclic) bond motifs is 7. The molecule has 268 valence electrons. The van der Waals surface area contributed by atoms with Crippen molar-refractivity contribution in [2.24, 2.45) is 33.9 Å². The number of benzene rings is 2. The first-order valence-electron chi connectivity index (χ1n) is 16.3. The second-order valence-corrected chi connectivity index (χ2v) is 16.4. The van der Waals surface area contributed by atoms with E-state index in [-0.39, 0.29) is 57.3 Å². The molecular weight excluding hydrogens is 730 g/mol. The van der Waals surface area contributed by atoms with Crippen LogP contribution in [0.5, 0.6) is 0 Å². The van der Waals surface area contributed by atoms with Gasteiger partial charge in [0.25, 0.3) is 5.56 Å². The molecule has 4 aliphatic carbocycles. The van der Waals surface area contributed by atoms with Crippen LogP contribution in [0.4, 0.5) is 5.69 Å². The van der Waals surface area contributed by atoms with E-state index in [1.807, 2.05) is 6.92 Å². The van der Waals surface area contributed by atoms with E-state index in [0.717, 1.165) is 36.9 Å². The molecule has 0 spiro atoms. The van der Waals surface area contributed by atoms with Crippen LogP contribution < -0.4 is 16.8 Å². The van der Waals surface area contributed by atoms with Gasteiger partial charge in [-0.3, -0.25) is 25.3 Å². The number of hydrogen-bond acceptors (Lipinski definition) is 6. The van der Waals surface area contributed by atoms with E-state index in [4.69, 9.17) is 57.0 Å². The lowest BCUT2D eigenvalue weighted by molar-refractivity contribution is -0.154. The van der Waals surface area contributed by atoms with Crippen LogP contribution in [0, 0.1) is 28.1 Å². The predicted octanol–water partition coefficient (Wildman–Crippen LogP) is 9.54. The second kappa shape index (κ2) is 14.1. The Kier molecular flexibility index (Phi) is 11.4. The summed E-state index contributed by atoms with van der Waals surface area (Å²) in [6.07, 6.45) is 4.06. The lowest BCUT2D eigenvalue weighted by Gasteiger charge is -2.34. The number of carbonyl (C=O) groups excluding carboxylic acids is 2. The highest BCUT2D eigenvalue weighted by molar-refractivity contribution is 6.39. The van der Waals surface area contributed by atoms with Crippen LogP contribution in [0.1, 0.15) is 91.3 Å². The molecule has 3 fully saturated rings. The predicted molar refractivity (Wildman–Crippen MR) is 201 cm³/mol. The SMILES string of the molecule is CC1(C)[C@@H]2CC[C@@]1(C)c1[nH]n(-c3c(Cl)cccc3Cl)c(=O)c12.CCOC(=O)C1C(=O)[C@]2(C)CC[C@H]1C2(C)C.Cl.NNc1c(Cl)cccc1Cl. The molecular formula is C36H45Cl5N4O4. The normalized spacial score (nSPS) is 27.7. The third-order valence-electron chi connectivity index (χ3n) is 12.4. The van der Waals surface area contributed by atoms with Gasteiger partial charge in [-0.1, -0.05) is 100 Å². The summed E-state index contributed by atoms with van der Waals surface area (Å²) in [5, 5.41) is 5.33. The molecule has 4 N–H and O–H groups in total. The fourth-order valence-corrected chi connectivity index (χ4v) is 9.81. The minimum absolute atomic E-state index is 0. The Morgan fingerprint density at radius 3 is 1.88 bits per heavy atom. The maximum Gasteiger partial charge on any atom is 0.316 e. The van der Waals surface area contributed by atoms with E-state index in [0.29, 0.717) is 44.0 Å². The molecule has 0 saturated heterocycles. The van der Waals surface area contributed by atoms with Crippen molar-refractivity contribution in [2.75, 3.05) is 12.0 Å². The van der Waals surface area contributed by atoms with Gasteiger partial charge in [0.15, 0.2) is 5.78 Å². The Hall–Kier alpha value is -2.20. The lowest BCUT2D eigenvalue weighted by atomic mass is 9.70. The molecule has 0 radical (unpaired) electrons. The molecule has 1 unspecified atom stereocenters. The van der Waals surface area contributed by atoms with Crippen molar-refractivity contribution in [1.29, 1.82) is 0 Å². The first-order valence-corrected chi connectivity index (χ1v) is 17.8. The Morgan fingerprint density at radius 1 is 0.898 bits per heavy atom. The first kappa shape index (κ1) is 39.6. The molecule has 4 bridgehead atoms. The Labute approximate surface area is 314 Å². The van der Waals surface area contributed by atoms with E-state index in [1.165, 1.54) is 4.68 Å². The molecule has 13 heteroatoms. The number of ether oxygens (including phenoxy) is 1. The van der Waals surface area contributed by atoms with Gasteiger partial charge in [0.2, 0.25) is 0 Å². The van der Waals surface area contributed by atoms with Crippen molar-refractivity contribution >= 4 is 76.3 Å². The van der Waals surface area contributed by atoms with Crippen molar-refractivity contribution in [1.82, 2.24) is 9.78 Å². The number of ketones is 1. The number of para-hydroxylation sites is 2. The number of anilines is 1. The zero-order valence-corrected chi connectivity index (χ0v) is 32.6. The van der Waals surface area contributed by atoms with E-state index >= 15 is 0 Å². The first-order chi connectivity index (χ1) is 22.4. The number of halogens is 5. The van der Waals surface area contributed by atoms with Crippen LogP contribution in [0.2, 0.25) is 20.1 Å². The van der Waals surface area contributed by atoms with Gasteiger partial charge in [-0.25, -0.2) is 4.68 Å². The molecule has 49 heavy (non-hydrogen) atoms. The molecule has 3 saturated carbocycles. The smallest absolute Gasteiger partial charge is 0.316 e. The molecule has 3 aromatic rings. The van der Waals surface area contributed by atoms with Crippen molar-refractivity contribution < 1.29 is 14.3 Å². The van der Waals surface area contributed by atoms with Crippen LogP contribution in [-0.2, 0) is 19.7 Å². The van der Waals surface area contributed by atoms with Crippen LogP contribution in [0.25, 0.3) is 5.69 Å². The number of Topliss-reactive ketones (excluding diaryl/α,β-unsaturated/α-hetero) is 1. The standard InChI is InChI=1S/C17H18Cl2N2O.C13H20O3.C6H6Cl2N2.ClH/c1-16(2)9-7-8-17(16,3)14-12(9)15(22)21(20-14)13-10(18)5-4-6-11(13)19;1-5-16-11(15)9-8-6-7-13(4,10(9)14)12(8,2)3;7-4-2-1-3-5(8)6(4)10-9;/h4-6,9,20H,7-8H2,1-3H3;8-9H,5-7H2,1-4H3;1-3,10H,9H2;1H/t9-,17+;8-,9?,13+;;/m11../s1. The summed E-state index contributed by atoms with van der Waals surface area (Å²) in [5.41, 5.74) is 5.21. The minimum Gasteiger partial charge on any atom is -0.465 e. The van der Waals surface area contributed by atoms with E-state index in [1.54, 1.807) is 43.3 Å². The van der Waals surface area contributed by atoms with Crippen molar-refractivity contribution in [2.45, 2.75) is 85.5 Å². The Bertz CT molecular complexity index is 1780. The van der Waals surface area contributed by atoms with Gasteiger partial charge in [-0.05, 0) is 79.5 Å².